The smallest absolute Gasteiger partial charge is 0.279 e. The van der Waals surface area contributed by atoms with Crippen LogP contribution in [-0.4, -0.2) is 18.5 Å². The fraction of sp³-hybridized carbons (Fsp3) is 0.150. The van der Waals surface area contributed by atoms with Crippen LogP contribution in [0.5, 0.6) is 0 Å². The molecule has 0 bridgehead atoms. The summed E-state index contributed by atoms with van der Waals surface area (Å²) in [7, 11) is -3.77. The van der Waals surface area contributed by atoms with E-state index in [1.54, 1.807) is 48.7 Å². The van der Waals surface area contributed by atoms with Crippen molar-refractivity contribution in [3.63, 3.8) is 0 Å². The zero-order valence-corrected chi connectivity index (χ0v) is 15.1. The molecule has 0 unspecified atom stereocenters. The third kappa shape index (κ3) is 2.82. The molecule has 0 spiro atoms. The highest BCUT2D eigenvalue weighted by molar-refractivity contribution is 7.89. The average molecular weight is 366 g/mol. The van der Waals surface area contributed by atoms with Crippen LogP contribution < -0.4 is 0 Å². The predicted octanol–water partition coefficient (Wildman–Crippen LogP) is 4.13. The Morgan fingerprint density at radius 1 is 1.00 bits per heavy atom. The van der Waals surface area contributed by atoms with Crippen molar-refractivity contribution in [3.05, 3.63) is 89.9 Å². The highest BCUT2D eigenvalue weighted by Crippen LogP contribution is 2.38. The minimum atomic E-state index is -3.77. The molecule has 0 N–H and O–H groups in total. The SMILES string of the molecule is Cc1ccccc1[C@H]1CC(c2ccco2)=NN1S(=O)(=O)c1ccccc1. The minimum Gasteiger partial charge on any atom is -0.463 e. The average Bonchev–Trinajstić information content (AvgIpc) is 3.33. The van der Waals surface area contributed by atoms with E-state index in [1.165, 1.54) is 4.41 Å². The molecule has 2 heterocycles. The third-order valence-corrected chi connectivity index (χ3v) is 6.21. The molecule has 0 aliphatic carbocycles. The van der Waals surface area contributed by atoms with Gasteiger partial charge in [0.05, 0.1) is 17.2 Å². The lowest BCUT2D eigenvalue weighted by atomic mass is 9.98. The van der Waals surface area contributed by atoms with E-state index >= 15 is 0 Å². The standard InChI is InChI=1S/C20H18N2O3S/c1-15-8-5-6-11-17(15)19-14-18(20-12-7-13-25-20)21-22(19)26(23,24)16-9-3-2-4-10-16/h2-13,19H,14H2,1H3/t19-/m1/s1. The van der Waals surface area contributed by atoms with E-state index in [9.17, 15) is 8.42 Å². The van der Waals surface area contributed by atoms with Crippen LogP contribution in [0, 0.1) is 6.92 Å². The van der Waals surface area contributed by atoms with Gasteiger partial charge in [0.25, 0.3) is 10.0 Å². The van der Waals surface area contributed by atoms with E-state index in [0.29, 0.717) is 17.9 Å². The van der Waals surface area contributed by atoms with Gasteiger partial charge >= 0.3 is 0 Å². The fourth-order valence-corrected chi connectivity index (χ4v) is 4.64. The Balaban J connectivity index is 1.83. The zero-order valence-electron chi connectivity index (χ0n) is 14.2. The lowest BCUT2D eigenvalue weighted by Gasteiger charge is -2.24. The first kappa shape index (κ1) is 16.6. The molecule has 3 aromatic rings. The van der Waals surface area contributed by atoms with Gasteiger partial charge in [-0.15, -0.1) is 0 Å². The summed E-state index contributed by atoms with van der Waals surface area (Å²) in [5.41, 5.74) is 2.60. The number of hydrogen-bond acceptors (Lipinski definition) is 4. The Morgan fingerprint density at radius 2 is 1.73 bits per heavy atom. The summed E-state index contributed by atoms with van der Waals surface area (Å²) in [6.07, 6.45) is 2.03. The van der Waals surface area contributed by atoms with Crippen LogP contribution in [0.25, 0.3) is 0 Å². The largest absolute Gasteiger partial charge is 0.463 e. The summed E-state index contributed by atoms with van der Waals surface area (Å²) in [6, 6.07) is 19.4. The Morgan fingerprint density at radius 3 is 2.42 bits per heavy atom. The number of hydrazone groups is 1. The quantitative estimate of drug-likeness (QED) is 0.697. The van der Waals surface area contributed by atoms with Crippen LogP contribution >= 0.6 is 0 Å². The van der Waals surface area contributed by atoms with Crippen molar-refractivity contribution in [2.24, 2.45) is 5.10 Å². The molecule has 1 aromatic heterocycles. The predicted molar refractivity (Wildman–Crippen MR) is 99.2 cm³/mol. The summed E-state index contributed by atoms with van der Waals surface area (Å²) in [6.45, 7) is 1.98. The number of sulfonamides is 1. The second kappa shape index (κ2) is 6.46. The molecule has 0 radical (unpaired) electrons. The molecule has 132 valence electrons. The van der Waals surface area contributed by atoms with Crippen LogP contribution in [0.2, 0.25) is 0 Å². The lowest BCUT2D eigenvalue weighted by Crippen LogP contribution is -2.27. The second-order valence-electron chi connectivity index (χ2n) is 6.19. The van der Waals surface area contributed by atoms with Gasteiger partial charge in [-0.25, -0.2) is 0 Å². The van der Waals surface area contributed by atoms with Gasteiger partial charge in [-0.3, -0.25) is 0 Å². The molecule has 5 nitrogen and oxygen atoms in total. The van der Waals surface area contributed by atoms with Crippen LogP contribution in [0.1, 0.15) is 29.3 Å². The molecule has 4 rings (SSSR count). The van der Waals surface area contributed by atoms with Gasteiger partial charge in [0, 0.05) is 6.42 Å². The summed E-state index contributed by atoms with van der Waals surface area (Å²) in [5, 5.41) is 4.45. The van der Waals surface area contributed by atoms with Crippen molar-refractivity contribution in [2.45, 2.75) is 24.3 Å². The molecule has 0 saturated heterocycles. The molecule has 1 aliphatic rings. The van der Waals surface area contributed by atoms with Crippen molar-refractivity contribution in [3.8, 4) is 0 Å². The number of hydrogen-bond donors (Lipinski definition) is 0. The molecule has 2 aromatic carbocycles. The monoisotopic (exact) mass is 366 g/mol. The van der Waals surface area contributed by atoms with Crippen LogP contribution in [0.3, 0.4) is 0 Å². The maximum absolute atomic E-state index is 13.2. The molecule has 0 amide bonds. The van der Waals surface area contributed by atoms with Crippen LogP contribution in [0.15, 0.2) is 87.4 Å². The first-order valence-electron chi connectivity index (χ1n) is 8.34. The molecule has 1 atom stereocenters. The summed E-state index contributed by atoms with van der Waals surface area (Å²) in [5.74, 6) is 0.592. The maximum Gasteiger partial charge on any atom is 0.279 e. The molecule has 6 heteroatoms. The number of furan rings is 1. The van der Waals surface area contributed by atoms with Crippen molar-refractivity contribution in [2.75, 3.05) is 0 Å². The Labute approximate surface area is 152 Å². The second-order valence-corrected chi connectivity index (χ2v) is 7.99. The Kier molecular flexibility index (Phi) is 4.12. The first-order chi connectivity index (χ1) is 12.6. The van der Waals surface area contributed by atoms with Gasteiger partial charge in [-0.1, -0.05) is 42.5 Å². The topological polar surface area (TPSA) is 62.9 Å². The molecule has 0 saturated carbocycles. The van der Waals surface area contributed by atoms with Gasteiger partial charge in [0.1, 0.15) is 11.5 Å². The number of benzene rings is 2. The maximum atomic E-state index is 13.2. The van der Waals surface area contributed by atoms with Crippen molar-refractivity contribution < 1.29 is 12.8 Å². The van der Waals surface area contributed by atoms with E-state index in [-0.39, 0.29) is 4.90 Å². The fourth-order valence-electron chi connectivity index (χ4n) is 3.19. The zero-order chi connectivity index (χ0) is 18.1. The van der Waals surface area contributed by atoms with E-state index in [1.807, 2.05) is 31.2 Å². The van der Waals surface area contributed by atoms with E-state index in [4.69, 9.17) is 4.42 Å². The van der Waals surface area contributed by atoms with Gasteiger partial charge in [-0.05, 0) is 42.3 Å². The van der Waals surface area contributed by atoms with Crippen molar-refractivity contribution >= 4 is 15.7 Å². The summed E-state index contributed by atoms with van der Waals surface area (Å²) in [4.78, 5) is 0.225. The third-order valence-electron chi connectivity index (χ3n) is 4.51. The summed E-state index contributed by atoms with van der Waals surface area (Å²) >= 11 is 0. The summed E-state index contributed by atoms with van der Waals surface area (Å²) < 4.78 is 33.1. The highest BCUT2D eigenvalue weighted by atomic mass is 32.2. The Bertz CT molecular complexity index is 1040. The highest BCUT2D eigenvalue weighted by Gasteiger charge is 2.38. The van der Waals surface area contributed by atoms with Gasteiger partial charge in [-0.2, -0.15) is 17.9 Å². The molecular weight excluding hydrogens is 348 g/mol. The number of nitrogens with zero attached hydrogens (tertiary/aromatic N) is 2. The number of rotatable bonds is 4. The lowest BCUT2D eigenvalue weighted by molar-refractivity contribution is 0.370. The molecule has 1 aliphatic heterocycles. The van der Waals surface area contributed by atoms with Gasteiger partial charge < -0.3 is 4.42 Å². The first-order valence-corrected chi connectivity index (χ1v) is 9.78. The number of aryl methyl sites for hydroxylation is 1. The van der Waals surface area contributed by atoms with Crippen molar-refractivity contribution in [1.29, 1.82) is 0 Å². The molecule has 0 fully saturated rings. The van der Waals surface area contributed by atoms with Crippen LogP contribution in [-0.2, 0) is 10.0 Å². The van der Waals surface area contributed by atoms with Crippen LogP contribution in [0.4, 0.5) is 0 Å². The molecule has 26 heavy (non-hydrogen) atoms. The Hall–Kier alpha value is -2.86. The minimum absolute atomic E-state index is 0.225. The van der Waals surface area contributed by atoms with Crippen molar-refractivity contribution in [1.82, 2.24) is 4.41 Å². The normalized spacial score (nSPS) is 17.3. The van der Waals surface area contributed by atoms with Gasteiger partial charge in [0.15, 0.2) is 0 Å². The van der Waals surface area contributed by atoms with E-state index < -0.39 is 16.1 Å². The molecular formula is C20H18N2O3S. The van der Waals surface area contributed by atoms with Gasteiger partial charge in [0.2, 0.25) is 0 Å². The van der Waals surface area contributed by atoms with E-state index in [2.05, 4.69) is 5.10 Å². The van der Waals surface area contributed by atoms with E-state index in [0.717, 1.165) is 11.1 Å².